The largest absolute Gasteiger partial charge is 0.441 e. The second kappa shape index (κ2) is 9.05. The zero-order valence-electron chi connectivity index (χ0n) is 16.4. The molecule has 0 fully saturated rings. The molecule has 0 spiro atoms. The Hall–Kier alpha value is -3.93. The molecular weight excluding hydrogens is 380 g/mol. The summed E-state index contributed by atoms with van der Waals surface area (Å²) in [6.45, 7) is 2.03. The Balaban J connectivity index is 1.28. The first kappa shape index (κ1) is 19.4. The van der Waals surface area contributed by atoms with Crippen molar-refractivity contribution < 1.29 is 18.7 Å². The lowest BCUT2D eigenvalue weighted by Gasteiger charge is -2.06. The number of oxazole rings is 1. The molecule has 0 radical (unpaired) electrons. The van der Waals surface area contributed by atoms with Crippen molar-refractivity contribution in [3.8, 4) is 28.7 Å². The average Bonchev–Trinajstić information content (AvgIpc) is 3.24. The molecule has 4 aromatic rings. The number of hydrogen-bond acceptors (Lipinski definition) is 6. The van der Waals surface area contributed by atoms with E-state index in [1.807, 2.05) is 43.3 Å². The fourth-order valence-electron chi connectivity index (χ4n) is 2.77. The van der Waals surface area contributed by atoms with Crippen molar-refractivity contribution in [1.29, 1.82) is 0 Å². The van der Waals surface area contributed by atoms with Gasteiger partial charge in [0.15, 0.2) is 11.7 Å². The molecule has 150 valence electrons. The van der Waals surface area contributed by atoms with Gasteiger partial charge in [-0.15, -0.1) is 0 Å². The molecular formula is C24H20N2O4. The Bertz CT molecular complexity index is 1100. The van der Waals surface area contributed by atoms with Gasteiger partial charge in [-0.05, 0) is 37.3 Å². The van der Waals surface area contributed by atoms with Crippen LogP contribution >= 0.6 is 0 Å². The molecule has 4 rings (SSSR count). The van der Waals surface area contributed by atoms with Crippen molar-refractivity contribution in [2.75, 3.05) is 0 Å². The second-order valence-corrected chi connectivity index (χ2v) is 6.70. The van der Waals surface area contributed by atoms with Gasteiger partial charge in [0.25, 0.3) is 0 Å². The van der Waals surface area contributed by atoms with Gasteiger partial charge in [-0.3, -0.25) is 4.79 Å². The van der Waals surface area contributed by atoms with Gasteiger partial charge in [0.1, 0.15) is 11.5 Å². The molecule has 0 N–H and O–H groups in total. The van der Waals surface area contributed by atoms with Crippen molar-refractivity contribution in [3.63, 3.8) is 0 Å². The van der Waals surface area contributed by atoms with Crippen LogP contribution in [-0.4, -0.2) is 15.9 Å². The normalized spacial score (nSPS) is 10.6. The lowest BCUT2D eigenvalue weighted by Crippen LogP contribution is -2.09. The molecule has 0 saturated heterocycles. The minimum Gasteiger partial charge on any atom is -0.441 e. The van der Waals surface area contributed by atoms with Crippen LogP contribution in [0.4, 0.5) is 0 Å². The quantitative estimate of drug-likeness (QED) is 0.306. The lowest BCUT2D eigenvalue weighted by atomic mass is 10.1. The Kier molecular flexibility index (Phi) is 5.85. The number of carbonyl (C=O) groups excluding carboxylic acids is 1. The van der Waals surface area contributed by atoms with Crippen LogP contribution in [0.2, 0.25) is 0 Å². The maximum atomic E-state index is 12.1. The van der Waals surface area contributed by atoms with E-state index in [1.165, 1.54) is 5.56 Å². The first-order chi connectivity index (χ1) is 14.7. The average molecular weight is 400 g/mol. The van der Waals surface area contributed by atoms with Gasteiger partial charge in [-0.1, -0.05) is 35.9 Å². The van der Waals surface area contributed by atoms with Crippen LogP contribution in [0.15, 0.2) is 83.5 Å². The van der Waals surface area contributed by atoms with E-state index in [1.54, 1.807) is 42.7 Å². The summed E-state index contributed by atoms with van der Waals surface area (Å²) >= 11 is 0. The Labute approximate surface area is 174 Å². The topological polar surface area (TPSA) is 74.5 Å². The van der Waals surface area contributed by atoms with Crippen LogP contribution in [0, 0.1) is 6.92 Å². The first-order valence-electron chi connectivity index (χ1n) is 9.57. The van der Waals surface area contributed by atoms with E-state index in [2.05, 4.69) is 9.97 Å². The minimum atomic E-state index is -0.358. The molecule has 2 heterocycles. The molecule has 0 aliphatic rings. The molecule has 0 saturated carbocycles. The Morgan fingerprint density at radius 2 is 1.70 bits per heavy atom. The zero-order valence-corrected chi connectivity index (χ0v) is 16.4. The summed E-state index contributed by atoms with van der Waals surface area (Å²) in [7, 11) is 0. The summed E-state index contributed by atoms with van der Waals surface area (Å²) < 4.78 is 16.7. The number of aryl methyl sites for hydroxylation is 2. The Morgan fingerprint density at radius 3 is 2.43 bits per heavy atom. The first-order valence-corrected chi connectivity index (χ1v) is 9.57. The van der Waals surface area contributed by atoms with Gasteiger partial charge in [0.05, 0.1) is 12.6 Å². The zero-order chi connectivity index (χ0) is 20.8. The van der Waals surface area contributed by atoms with Crippen molar-refractivity contribution >= 4 is 5.97 Å². The molecule has 0 unspecified atom stereocenters. The number of rotatable bonds is 7. The van der Waals surface area contributed by atoms with Crippen LogP contribution in [0.1, 0.15) is 17.9 Å². The van der Waals surface area contributed by atoms with Gasteiger partial charge in [0, 0.05) is 24.2 Å². The van der Waals surface area contributed by atoms with E-state index in [0.29, 0.717) is 35.5 Å². The number of carbonyl (C=O) groups is 1. The summed E-state index contributed by atoms with van der Waals surface area (Å²) in [4.78, 5) is 20.5. The number of nitrogens with zero attached hydrogens (tertiary/aromatic N) is 2. The van der Waals surface area contributed by atoms with Crippen LogP contribution in [0.3, 0.4) is 0 Å². The number of aromatic nitrogens is 2. The van der Waals surface area contributed by atoms with Gasteiger partial charge in [-0.25, -0.2) is 9.97 Å². The highest BCUT2D eigenvalue weighted by Crippen LogP contribution is 2.23. The number of hydrogen-bond donors (Lipinski definition) is 0. The molecule has 30 heavy (non-hydrogen) atoms. The molecule has 0 aliphatic heterocycles. The van der Waals surface area contributed by atoms with E-state index in [4.69, 9.17) is 13.9 Å². The molecule has 0 atom stereocenters. The maximum absolute atomic E-state index is 12.1. The summed E-state index contributed by atoms with van der Waals surface area (Å²) in [5.41, 5.74) is 2.13. The third-order valence-electron chi connectivity index (χ3n) is 4.35. The fraction of sp³-hybridized carbons (Fsp3) is 0.125. The maximum Gasteiger partial charge on any atom is 0.311 e. The van der Waals surface area contributed by atoms with Gasteiger partial charge < -0.3 is 13.9 Å². The predicted molar refractivity (Wildman–Crippen MR) is 111 cm³/mol. The third-order valence-corrected chi connectivity index (χ3v) is 4.35. The monoisotopic (exact) mass is 400 g/mol. The van der Waals surface area contributed by atoms with E-state index >= 15 is 0 Å². The van der Waals surface area contributed by atoms with E-state index in [-0.39, 0.29) is 12.4 Å². The number of benzene rings is 2. The molecule has 0 bridgehead atoms. The lowest BCUT2D eigenvalue weighted by molar-refractivity contribution is -0.134. The third kappa shape index (κ3) is 5.11. The van der Waals surface area contributed by atoms with Crippen molar-refractivity contribution in [2.45, 2.75) is 19.8 Å². The molecule has 2 aromatic carbocycles. The van der Waals surface area contributed by atoms with Gasteiger partial charge in [0.2, 0.25) is 5.88 Å². The van der Waals surface area contributed by atoms with Crippen LogP contribution < -0.4 is 9.47 Å². The van der Waals surface area contributed by atoms with E-state index in [0.717, 1.165) is 5.56 Å². The molecule has 2 aromatic heterocycles. The summed E-state index contributed by atoms with van der Waals surface area (Å²) in [5, 5.41) is 0. The van der Waals surface area contributed by atoms with Crippen molar-refractivity contribution in [3.05, 3.63) is 90.6 Å². The minimum absolute atomic E-state index is 0.167. The Morgan fingerprint density at radius 1 is 0.933 bits per heavy atom. The van der Waals surface area contributed by atoms with Crippen LogP contribution in [0.25, 0.3) is 11.3 Å². The van der Waals surface area contributed by atoms with Crippen molar-refractivity contribution in [2.24, 2.45) is 0 Å². The summed E-state index contributed by atoms with van der Waals surface area (Å²) in [5.74, 6) is 2.38. The standard InChI is InChI=1S/C24H20N2O4/c1-17-5-7-18(8-6-17)21-16-26-23(30-21)13-14-24(27)29-20-11-9-19(10-12-20)28-22-4-2-3-15-25-22/h2-12,15-16H,13-14H2,1H3. The van der Waals surface area contributed by atoms with Gasteiger partial charge in [-0.2, -0.15) is 0 Å². The summed E-state index contributed by atoms with van der Waals surface area (Å²) in [6, 6.07) is 20.2. The van der Waals surface area contributed by atoms with E-state index in [9.17, 15) is 4.79 Å². The molecule has 0 aliphatic carbocycles. The summed E-state index contributed by atoms with van der Waals surface area (Å²) in [6.07, 6.45) is 3.86. The smallest absolute Gasteiger partial charge is 0.311 e. The van der Waals surface area contributed by atoms with E-state index < -0.39 is 0 Å². The highest BCUT2D eigenvalue weighted by atomic mass is 16.5. The van der Waals surface area contributed by atoms with Crippen LogP contribution in [-0.2, 0) is 11.2 Å². The van der Waals surface area contributed by atoms with Gasteiger partial charge >= 0.3 is 5.97 Å². The number of pyridine rings is 1. The highest BCUT2D eigenvalue weighted by Gasteiger charge is 2.11. The number of esters is 1. The van der Waals surface area contributed by atoms with Crippen molar-refractivity contribution in [1.82, 2.24) is 9.97 Å². The molecule has 6 heteroatoms. The second-order valence-electron chi connectivity index (χ2n) is 6.70. The SMILES string of the molecule is Cc1ccc(-c2cnc(CCC(=O)Oc3ccc(Oc4ccccn4)cc3)o2)cc1. The van der Waals surface area contributed by atoms with Crippen LogP contribution in [0.5, 0.6) is 17.4 Å². The molecule has 0 amide bonds. The molecule has 6 nitrogen and oxygen atoms in total. The highest BCUT2D eigenvalue weighted by molar-refractivity contribution is 5.72. The predicted octanol–water partition coefficient (Wildman–Crippen LogP) is 5.38. The fourth-order valence-corrected chi connectivity index (χ4v) is 2.77. The number of ether oxygens (including phenoxy) is 2.